The number of carbonyl (C=O) groups excluding carboxylic acids is 2. The van der Waals surface area contributed by atoms with Gasteiger partial charge in [-0.15, -0.1) is 0 Å². The van der Waals surface area contributed by atoms with Crippen molar-refractivity contribution in [2.45, 2.75) is 19.9 Å². The SMILES string of the molecule is COc1ccc(N(C)C(=O)CNC(=O)[C@@H](N)C(C)C)cc1. The minimum atomic E-state index is -0.607. The van der Waals surface area contributed by atoms with Gasteiger partial charge in [0.1, 0.15) is 5.75 Å². The fourth-order valence-corrected chi connectivity index (χ4v) is 1.65. The van der Waals surface area contributed by atoms with Crippen molar-refractivity contribution in [2.24, 2.45) is 11.7 Å². The molecule has 1 atom stereocenters. The summed E-state index contributed by atoms with van der Waals surface area (Å²) in [4.78, 5) is 25.2. The highest BCUT2D eigenvalue weighted by Gasteiger charge is 2.19. The van der Waals surface area contributed by atoms with E-state index >= 15 is 0 Å². The molecule has 0 radical (unpaired) electrons. The molecule has 0 aliphatic rings. The van der Waals surface area contributed by atoms with Crippen LogP contribution in [0.2, 0.25) is 0 Å². The number of carbonyl (C=O) groups is 2. The monoisotopic (exact) mass is 293 g/mol. The lowest BCUT2D eigenvalue weighted by Crippen LogP contribution is -2.47. The fourth-order valence-electron chi connectivity index (χ4n) is 1.65. The Kier molecular flexibility index (Phi) is 6.17. The van der Waals surface area contributed by atoms with Gasteiger partial charge in [0.05, 0.1) is 19.7 Å². The number of rotatable bonds is 6. The summed E-state index contributed by atoms with van der Waals surface area (Å²) in [6, 6.07) is 6.49. The first-order chi connectivity index (χ1) is 9.86. The normalized spacial score (nSPS) is 11.9. The highest BCUT2D eigenvalue weighted by Crippen LogP contribution is 2.17. The third-order valence-corrected chi connectivity index (χ3v) is 3.27. The molecule has 0 bridgehead atoms. The molecule has 0 unspecified atom stereocenters. The van der Waals surface area contributed by atoms with Gasteiger partial charge in [0.15, 0.2) is 0 Å². The number of likely N-dealkylation sites (N-methyl/N-ethyl adjacent to an activating group) is 1. The first-order valence-corrected chi connectivity index (χ1v) is 6.80. The van der Waals surface area contributed by atoms with E-state index < -0.39 is 6.04 Å². The van der Waals surface area contributed by atoms with E-state index in [1.54, 1.807) is 38.4 Å². The largest absolute Gasteiger partial charge is 0.497 e. The van der Waals surface area contributed by atoms with Crippen LogP contribution in [-0.2, 0) is 9.59 Å². The van der Waals surface area contributed by atoms with Gasteiger partial charge < -0.3 is 20.7 Å². The molecule has 0 aliphatic carbocycles. The van der Waals surface area contributed by atoms with E-state index in [1.807, 2.05) is 13.8 Å². The van der Waals surface area contributed by atoms with Crippen molar-refractivity contribution in [2.75, 3.05) is 25.6 Å². The molecular weight excluding hydrogens is 270 g/mol. The van der Waals surface area contributed by atoms with Crippen LogP contribution in [0.1, 0.15) is 13.8 Å². The van der Waals surface area contributed by atoms with Crippen LogP contribution < -0.4 is 20.7 Å². The molecule has 0 aliphatic heterocycles. The van der Waals surface area contributed by atoms with Gasteiger partial charge >= 0.3 is 0 Å². The molecule has 6 heteroatoms. The Bertz CT molecular complexity index is 485. The number of anilines is 1. The Morgan fingerprint density at radius 3 is 2.33 bits per heavy atom. The minimum Gasteiger partial charge on any atom is -0.497 e. The summed E-state index contributed by atoms with van der Waals surface area (Å²) in [5.74, 6) is 0.209. The van der Waals surface area contributed by atoms with E-state index in [0.29, 0.717) is 0 Å². The highest BCUT2D eigenvalue weighted by molar-refractivity contribution is 5.96. The van der Waals surface area contributed by atoms with Gasteiger partial charge in [-0.25, -0.2) is 0 Å². The Hall–Kier alpha value is -2.08. The number of ether oxygens (including phenoxy) is 1. The van der Waals surface area contributed by atoms with E-state index in [0.717, 1.165) is 11.4 Å². The van der Waals surface area contributed by atoms with Gasteiger partial charge in [-0.1, -0.05) is 13.8 Å². The molecule has 0 fully saturated rings. The van der Waals surface area contributed by atoms with Crippen molar-refractivity contribution in [1.82, 2.24) is 5.32 Å². The number of methoxy groups -OCH3 is 1. The summed E-state index contributed by atoms with van der Waals surface area (Å²) in [6.45, 7) is 3.63. The molecule has 0 aromatic heterocycles. The van der Waals surface area contributed by atoms with Crippen LogP contribution in [0.15, 0.2) is 24.3 Å². The van der Waals surface area contributed by atoms with Gasteiger partial charge in [-0.3, -0.25) is 9.59 Å². The van der Waals surface area contributed by atoms with E-state index in [2.05, 4.69) is 5.32 Å². The van der Waals surface area contributed by atoms with E-state index in [9.17, 15) is 9.59 Å². The molecule has 3 N–H and O–H groups in total. The lowest BCUT2D eigenvalue weighted by Gasteiger charge is -2.19. The molecular formula is C15H23N3O3. The number of amides is 2. The van der Waals surface area contributed by atoms with Crippen molar-refractivity contribution in [3.63, 3.8) is 0 Å². The van der Waals surface area contributed by atoms with Gasteiger partial charge in [-0.05, 0) is 30.2 Å². The van der Waals surface area contributed by atoms with Crippen LogP contribution in [-0.4, -0.2) is 38.6 Å². The maximum atomic E-state index is 12.0. The maximum Gasteiger partial charge on any atom is 0.246 e. The predicted molar refractivity (Wildman–Crippen MR) is 82.2 cm³/mol. The van der Waals surface area contributed by atoms with Gasteiger partial charge in [0, 0.05) is 12.7 Å². The first kappa shape index (κ1) is 17.0. The Morgan fingerprint density at radius 1 is 1.29 bits per heavy atom. The van der Waals surface area contributed by atoms with Crippen LogP contribution in [0.5, 0.6) is 5.75 Å². The van der Waals surface area contributed by atoms with Crippen molar-refractivity contribution < 1.29 is 14.3 Å². The minimum absolute atomic E-state index is 0.0272. The second-order valence-corrected chi connectivity index (χ2v) is 5.14. The molecule has 0 saturated heterocycles. The van der Waals surface area contributed by atoms with Crippen molar-refractivity contribution in [3.05, 3.63) is 24.3 Å². The standard InChI is InChI=1S/C15H23N3O3/c1-10(2)14(16)15(20)17-9-13(19)18(3)11-5-7-12(21-4)8-6-11/h5-8,10,14H,9,16H2,1-4H3,(H,17,20)/t14-/m0/s1. The second kappa shape index (κ2) is 7.64. The summed E-state index contributed by atoms with van der Waals surface area (Å²) in [6.07, 6.45) is 0. The summed E-state index contributed by atoms with van der Waals surface area (Å²) < 4.78 is 5.06. The molecule has 1 rings (SSSR count). The van der Waals surface area contributed by atoms with Gasteiger partial charge in [0.25, 0.3) is 0 Å². The number of nitrogens with two attached hydrogens (primary N) is 1. The predicted octanol–water partition coefficient (Wildman–Crippen LogP) is 0.757. The molecule has 6 nitrogen and oxygen atoms in total. The van der Waals surface area contributed by atoms with E-state index in [4.69, 9.17) is 10.5 Å². The maximum absolute atomic E-state index is 12.0. The molecule has 1 aromatic rings. The zero-order valence-corrected chi connectivity index (χ0v) is 12.9. The Morgan fingerprint density at radius 2 is 1.86 bits per heavy atom. The molecule has 1 aromatic carbocycles. The number of hydrogen-bond donors (Lipinski definition) is 2. The topological polar surface area (TPSA) is 84.7 Å². The Labute approximate surface area is 125 Å². The van der Waals surface area contributed by atoms with Crippen molar-refractivity contribution in [3.8, 4) is 5.75 Å². The summed E-state index contributed by atoms with van der Waals surface area (Å²) in [5, 5.41) is 2.56. The molecule has 21 heavy (non-hydrogen) atoms. The molecule has 0 spiro atoms. The van der Waals surface area contributed by atoms with Crippen LogP contribution in [0, 0.1) is 5.92 Å². The van der Waals surface area contributed by atoms with Crippen LogP contribution >= 0.6 is 0 Å². The number of hydrogen-bond acceptors (Lipinski definition) is 4. The number of nitrogens with zero attached hydrogens (tertiary/aromatic N) is 1. The molecule has 2 amide bonds. The zero-order valence-electron chi connectivity index (χ0n) is 12.9. The molecule has 116 valence electrons. The number of nitrogens with one attached hydrogen (secondary N) is 1. The van der Waals surface area contributed by atoms with Crippen molar-refractivity contribution >= 4 is 17.5 Å². The highest BCUT2D eigenvalue weighted by atomic mass is 16.5. The van der Waals surface area contributed by atoms with Crippen LogP contribution in [0.3, 0.4) is 0 Å². The third-order valence-electron chi connectivity index (χ3n) is 3.27. The lowest BCUT2D eigenvalue weighted by molar-refractivity contribution is -0.126. The van der Waals surface area contributed by atoms with Gasteiger partial charge in [-0.2, -0.15) is 0 Å². The summed E-state index contributed by atoms with van der Waals surface area (Å²) >= 11 is 0. The van der Waals surface area contributed by atoms with Gasteiger partial charge in [0.2, 0.25) is 11.8 Å². The molecule has 0 saturated carbocycles. The Balaban J connectivity index is 2.56. The quantitative estimate of drug-likeness (QED) is 0.811. The van der Waals surface area contributed by atoms with E-state index in [1.165, 1.54) is 4.90 Å². The first-order valence-electron chi connectivity index (χ1n) is 6.80. The number of benzene rings is 1. The second-order valence-electron chi connectivity index (χ2n) is 5.14. The lowest BCUT2D eigenvalue weighted by atomic mass is 10.1. The van der Waals surface area contributed by atoms with Crippen molar-refractivity contribution in [1.29, 1.82) is 0 Å². The average molecular weight is 293 g/mol. The van der Waals surface area contributed by atoms with E-state index in [-0.39, 0.29) is 24.3 Å². The zero-order chi connectivity index (χ0) is 16.0. The molecule has 0 heterocycles. The summed E-state index contributed by atoms with van der Waals surface area (Å²) in [7, 11) is 3.23. The average Bonchev–Trinajstić information content (AvgIpc) is 2.50. The van der Waals surface area contributed by atoms with Crippen LogP contribution in [0.4, 0.5) is 5.69 Å². The fraction of sp³-hybridized carbons (Fsp3) is 0.467. The smallest absolute Gasteiger partial charge is 0.246 e. The third kappa shape index (κ3) is 4.75. The summed E-state index contributed by atoms with van der Waals surface area (Å²) in [5.41, 5.74) is 6.44. The van der Waals surface area contributed by atoms with Crippen LogP contribution in [0.25, 0.3) is 0 Å².